The predicted molar refractivity (Wildman–Crippen MR) is 79.9 cm³/mol. The van der Waals surface area contributed by atoms with Crippen LogP contribution in [0.15, 0.2) is 28.8 Å². The fourth-order valence-electron chi connectivity index (χ4n) is 2.72. The van der Waals surface area contributed by atoms with Crippen molar-refractivity contribution in [1.82, 2.24) is 15.0 Å². The molecule has 1 fully saturated rings. The largest absolute Gasteiger partial charge is 0.389 e. The maximum atomic E-state index is 10.1. The average Bonchev–Trinajstić information content (AvgIpc) is 2.86. The van der Waals surface area contributed by atoms with Crippen LogP contribution in [0.3, 0.4) is 0 Å². The molecule has 1 aromatic carbocycles. The molecule has 1 saturated heterocycles. The van der Waals surface area contributed by atoms with Crippen molar-refractivity contribution in [2.45, 2.75) is 31.9 Å². The molecular formula is C15H18ClN3O2. The molecule has 1 N–H and O–H groups in total. The minimum absolute atomic E-state index is 0.499. The highest BCUT2D eigenvalue weighted by Crippen LogP contribution is 2.26. The van der Waals surface area contributed by atoms with Crippen LogP contribution in [0, 0.1) is 0 Å². The summed E-state index contributed by atoms with van der Waals surface area (Å²) in [5.41, 5.74) is 0.129. The van der Waals surface area contributed by atoms with E-state index in [1.54, 1.807) is 6.07 Å². The van der Waals surface area contributed by atoms with E-state index in [2.05, 4.69) is 15.0 Å². The molecule has 0 amide bonds. The third-order valence-corrected chi connectivity index (χ3v) is 4.03. The second-order valence-corrected chi connectivity index (χ2v) is 6.21. The Morgan fingerprint density at radius 3 is 3.00 bits per heavy atom. The number of piperidine rings is 1. The maximum Gasteiger partial charge on any atom is 0.241 e. The predicted octanol–water partition coefficient (Wildman–Crippen LogP) is 2.74. The Bertz CT molecular complexity index is 627. The van der Waals surface area contributed by atoms with Crippen LogP contribution in [0.1, 0.15) is 25.7 Å². The first kappa shape index (κ1) is 14.5. The molecule has 21 heavy (non-hydrogen) atoms. The molecule has 0 spiro atoms. The third-order valence-electron chi connectivity index (χ3n) is 3.70. The lowest BCUT2D eigenvalue weighted by atomic mass is 9.95. The fourth-order valence-corrected chi connectivity index (χ4v) is 2.94. The molecule has 0 aliphatic carbocycles. The van der Waals surface area contributed by atoms with Gasteiger partial charge in [0, 0.05) is 12.1 Å². The molecule has 1 aliphatic rings. The molecule has 6 heteroatoms. The molecule has 1 unspecified atom stereocenters. The van der Waals surface area contributed by atoms with E-state index < -0.39 is 5.60 Å². The summed E-state index contributed by atoms with van der Waals surface area (Å²) in [6.45, 7) is 3.96. The minimum atomic E-state index is -0.635. The van der Waals surface area contributed by atoms with Gasteiger partial charge in [0.05, 0.1) is 17.2 Å². The van der Waals surface area contributed by atoms with Crippen molar-refractivity contribution >= 4 is 11.6 Å². The molecule has 112 valence electrons. The lowest BCUT2D eigenvalue weighted by molar-refractivity contribution is -0.0207. The first-order valence-corrected chi connectivity index (χ1v) is 7.43. The van der Waals surface area contributed by atoms with Crippen LogP contribution in [0.5, 0.6) is 0 Å². The Morgan fingerprint density at radius 1 is 1.43 bits per heavy atom. The number of halogens is 1. The molecule has 0 bridgehead atoms. The quantitative estimate of drug-likeness (QED) is 0.944. The molecule has 1 aliphatic heterocycles. The number of β-amino-alcohol motifs (C(OH)–C–C–N with tert-alkyl or cyclic N) is 1. The van der Waals surface area contributed by atoms with E-state index in [1.807, 2.05) is 25.1 Å². The summed E-state index contributed by atoms with van der Waals surface area (Å²) in [6, 6.07) is 7.42. The van der Waals surface area contributed by atoms with E-state index in [9.17, 15) is 5.11 Å². The fraction of sp³-hybridized carbons (Fsp3) is 0.467. The minimum Gasteiger partial charge on any atom is -0.389 e. The summed E-state index contributed by atoms with van der Waals surface area (Å²) in [5, 5.41) is 14.7. The van der Waals surface area contributed by atoms with Crippen molar-refractivity contribution in [2.75, 3.05) is 13.1 Å². The Hall–Kier alpha value is -1.43. The standard InChI is InChI=1S/C15H18ClN3O2/c1-15(20)7-4-8-19(10-15)9-13-17-14(18-21-13)11-5-2-3-6-12(11)16/h2-3,5-6,20H,4,7-10H2,1H3. The molecule has 2 aromatic rings. The first-order valence-electron chi connectivity index (χ1n) is 7.06. The van der Waals surface area contributed by atoms with Gasteiger partial charge < -0.3 is 9.63 Å². The number of nitrogens with zero attached hydrogens (tertiary/aromatic N) is 3. The van der Waals surface area contributed by atoms with Gasteiger partial charge in [-0.3, -0.25) is 4.90 Å². The highest BCUT2D eigenvalue weighted by Gasteiger charge is 2.29. The highest BCUT2D eigenvalue weighted by molar-refractivity contribution is 6.33. The van der Waals surface area contributed by atoms with Gasteiger partial charge in [0.15, 0.2) is 0 Å². The van der Waals surface area contributed by atoms with Crippen LogP contribution >= 0.6 is 11.6 Å². The summed E-state index contributed by atoms with van der Waals surface area (Å²) >= 11 is 6.13. The topological polar surface area (TPSA) is 62.4 Å². The van der Waals surface area contributed by atoms with Gasteiger partial charge in [-0.05, 0) is 38.4 Å². The van der Waals surface area contributed by atoms with Gasteiger partial charge in [0.25, 0.3) is 0 Å². The molecule has 2 heterocycles. The van der Waals surface area contributed by atoms with E-state index in [4.69, 9.17) is 16.1 Å². The van der Waals surface area contributed by atoms with E-state index in [0.29, 0.717) is 29.8 Å². The van der Waals surface area contributed by atoms with Gasteiger partial charge in [-0.2, -0.15) is 4.98 Å². The molecule has 3 rings (SSSR count). The van der Waals surface area contributed by atoms with E-state index in [-0.39, 0.29) is 0 Å². The number of hydrogen-bond donors (Lipinski definition) is 1. The summed E-state index contributed by atoms with van der Waals surface area (Å²) in [7, 11) is 0. The van der Waals surface area contributed by atoms with Crippen LogP contribution in [0.2, 0.25) is 5.02 Å². The van der Waals surface area contributed by atoms with E-state index >= 15 is 0 Å². The zero-order valence-corrected chi connectivity index (χ0v) is 12.7. The van der Waals surface area contributed by atoms with Gasteiger partial charge in [-0.1, -0.05) is 28.9 Å². The molecule has 1 aromatic heterocycles. The van der Waals surface area contributed by atoms with Gasteiger partial charge in [-0.25, -0.2) is 0 Å². The average molecular weight is 308 g/mol. The zero-order chi connectivity index (χ0) is 14.9. The Morgan fingerprint density at radius 2 is 2.24 bits per heavy atom. The number of benzene rings is 1. The molecule has 0 saturated carbocycles. The summed E-state index contributed by atoms with van der Waals surface area (Å²) in [4.78, 5) is 6.53. The number of aliphatic hydroxyl groups is 1. The van der Waals surface area contributed by atoms with Gasteiger partial charge in [-0.15, -0.1) is 0 Å². The van der Waals surface area contributed by atoms with Crippen LogP contribution in [0.25, 0.3) is 11.4 Å². The SMILES string of the molecule is CC1(O)CCCN(Cc2nc(-c3ccccc3Cl)no2)C1. The van der Waals surface area contributed by atoms with Gasteiger partial charge >= 0.3 is 0 Å². The van der Waals surface area contributed by atoms with Gasteiger partial charge in [0.1, 0.15) is 0 Å². The molecular weight excluding hydrogens is 290 g/mol. The zero-order valence-electron chi connectivity index (χ0n) is 11.9. The van der Waals surface area contributed by atoms with E-state index in [1.165, 1.54) is 0 Å². The Labute approximate surface area is 128 Å². The molecule has 0 radical (unpaired) electrons. The molecule has 5 nitrogen and oxygen atoms in total. The van der Waals surface area contributed by atoms with Crippen LogP contribution < -0.4 is 0 Å². The van der Waals surface area contributed by atoms with Crippen molar-refractivity contribution < 1.29 is 9.63 Å². The maximum absolute atomic E-state index is 10.1. The number of likely N-dealkylation sites (tertiary alicyclic amines) is 1. The second kappa shape index (κ2) is 5.75. The smallest absolute Gasteiger partial charge is 0.241 e. The number of hydrogen-bond acceptors (Lipinski definition) is 5. The molecule has 1 atom stereocenters. The van der Waals surface area contributed by atoms with Gasteiger partial charge in [0.2, 0.25) is 11.7 Å². The Kier molecular flexibility index (Phi) is 3.97. The number of rotatable bonds is 3. The lowest BCUT2D eigenvalue weighted by Crippen LogP contribution is -2.45. The van der Waals surface area contributed by atoms with Crippen LogP contribution in [-0.4, -0.2) is 38.8 Å². The van der Waals surface area contributed by atoms with Crippen molar-refractivity contribution in [3.8, 4) is 11.4 Å². The summed E-state index contributed by atoms with van der Waals surface area (Å²) in [6.07, 6.45) is 1.80. The van der Waals surface area contributed by atoms with Crippen molar-refractivity contribution in [1.29, 1.82) is 0 Å². The summed E-state index contributed by atoms with van der Waals surface area (Å²) < 4.78 is 5.30. The third kappa shape index (κ3) is 3.43. The lowest BCUT2D eigenvalue weighted by Gasteiger charge is -2.35. The number of aromatic nitrogens is 2. The van der Waals surface area contributed by atoms with Crippen molar-refractivity contribution in [2.24, 2.45) is 0 Å². The highest BCUT2D eigenvalue weighted by atomic mass is 35.5. The van der Waals surface area contributed by atoms with Crippen molar-refractivity contribution in [3.05, 3.63) is 35.2 Å². The van der Waals surface area contributed by atoms with E-state index in [0.717, 1.165) is 24.9 Å². The summed E-state index contributed by atoms with van der Waals surface area (Å²) in [5.74, 6) is 1.04. The van der Waals surface area contributed by atoms with Crippen LogP contribution in [-0.2, 0) is 6.54 Å². The normalized spacial score (nSPS) is 23.4. The Balaban J connectivity index is 1.72. The second-order valence-electron chi connectivity index (χ2n) is 5.80. The monoisotopic (exact) mass is 307 g/mol. The first-order chi connectivity index (χ1) is 10.0. The van der Waals surface area contributed by atoms with Crippen LogP contribution in [0.4, 0.5) is 0 Å². The van der Waals surface area contributed by atoms with Crippen molar-refractivity contribution in [3.63, 3.8) is 0 Å².